The molecular formula is C16H25N3O7. The lowest BCUT2D eigenvalue weighted by Gasteiger charge is -2.18. The SMILES string of the molecule is CC(C)NC(=O)NC(=O)[C@H](C)OC(=O)C[C@@H]1C(=O)C[C@H](C)[C@H]1C[N+](=O)[O-]. The molecule has 1 rings (SSSR count). The Morgan fingerprint density at radius 3 is 2.46 bits per heavy atom. The van der Waals surface area contributed by atoms with E-state index < -0.39 is 47.3 Å². The lowest BCUT2D eigenvalue weighted by Crippen LogP contribution is -2.46. The van der Waals surface area contributed by atoms with Gasteiger partial charge in [0.15, 0.2) is 6.10 Å². The van der Waals surface area contributed by atoms with Gasteiger partial charge in [-0.3, -0.25) is 29.8 Å². The average molecular weight is 371 g/mol. The maximum atomic E-state index is 12.0. The minimum absolute atomic E-state index is 0.172. The predicted molar refractivity (Wildman–Crippen MR) is 89.6 cm³/mol. The van der Waals surface area contributed by atoms with Crippen LogP contribution in [0.1, 0.15) is 40.5 Å². The molecule has 26 heavy (non-hydrogen) atoms. The molecule has 0 aromatic carbocycles. The molecule has 4 atom stereocenters. The van der Waals surface area contributed by atoms with E-state index in [0.717, 1.165) is 0 Å². The van der Waals surface area contributed by atoms with Gasteiger partial charge >= 0.3 is 12.0 Å². The summed E-state index contributed by atoms with van der Waals surface area (Å²) < 4.78 is 4.96. The van der Waals surface area contributed by atoms with Crippen LogP contribution in [0.4, 0.5) is 4.79 Å². The van der Waals surface area contributed by atoms with E-state index in [0.29, 0.717) is 0 Å². The molecule has 0 radical (unpaired) electrons. The Kier molecular flexibility index (Phi) is 7.66. The molecule has 1 aliphatic rings. The summed E-state index contributed by atoms with van der Waals surface area (Å²) in [4.78, 5) is 57.6. The van der Waals surface area contributed by atoms with Crippen molar-refractivity contribution in [2.24, 2.45) is 17.8 Å². The average Bonchev–Trinajstić information content (AvgIpc) is 2.72. The van der Waals surface area contributed by atoms with E-state index in [1.165, 1.54) is 6.92 Å². The van der Waals surface area contributed by atoms with Crippen LogP contribution in [0.15, 0.2) is 0 Å². The molecule has 0 aliphatic heterocycles. The molecule has 3 amide bonds. The van der Waals surface area contributed by atoms with E-state index in [4.69, 9.17) is 4.74 Å². The van der Waals surface area contributed by atoms with Gasteiger partial charge in [-0.1, -0.05) is 6.92 Å². The fraction of sp³-hybridized carbons (Fsp3) is 0.750. The summed E-state index contributed by atoms with van der Waals surface area (Å²) in [6.07, 6.45) is -1.37. The quantitative estimate of drug-likeness (QED) is 0.380. The van der Waals surface area contributed by atoms with E-state index in [1.807, 2.05) is 5.32 Å². The molecule has 0 spiro atoms. The number of hydrogen-bond acceptors (Lipinski definition) is 7. The van der Waals surface area contributed by atoms with Gasteiger partial charge in [0.05, 0.1) is 6.42 Å². The van der Waals surface area contributed by atoms with Crippen molar-refractivity contribution in [3.05, 3.63) is 10.1 Å². The van der Waals surface area contributed by atoms with E-state index in [9.17, 15) is 29.3 Å². The number of carbonyl (C=O) groups excluding carboxylic acids is 4. The molecule has 10 nitrogen and oxygen atoms in total. The molecule has 1 aliphatic carbocycles. The highest BCUT2D eigenvalue weighted by Crippen LogP contribution is 2.36. The number of esters is 1. The van der Waals surface area contributed by atoms with Crippen LogP contribution >= 0.6 is 0 Å². The molecule has 0 bridgehead atoms. The van der Waals surface area contributed by atoms with Crippen LogP contribution in [-0.4, -0.2) is 47.3 Å². The fourth-order valence-corrected chi connectivity index (χ4v) is 2.99. The zero-order valence-corrected chi connectivity index (χ0v) is 15.3. The van der Waals surface area contributed by atoms with Gasteiger partial charge < -0.3 is 10.1 Å². The lowest BCUT2D eigenvalue weighted by atomic mass is 9.88. The second-order valence-electron chi connectivity index (χ2n) is 6.89. The Morgan fingerprint density at radius 2 is 1.92 bits per heavy atom. The van der Waals surface area contributed by atoms with Crippen molar-refractivity contribution in [1.29, 1.82) is 0 Å². The highest BCUT2D eigenvalue weighted by Gasteiger charge is 2.44. The van der Waals surface area contributed by atoms with Gasteiger partial charge in [0.25, 0.3) is 5.91 Å². The molecular weight excluding hydrogens is 346 g/mol. The van der Waals surface area contributed by atoms with Crippen molar-refractivity contribution in [2.75, 3.05) is 6.54 Å². The molecule has 1 fully saturated rings. The van der Waals surface area contributed by atoms with Gasteiger partial charge in [0.1, 0.15) is 5.78 Å². The van der Waals surface area contributed by atoms with Gasteiger partial charge in [-0.05, 0) is 26.7 Å². The minimum Gasteiger partial charge on any atom is -0.453 e. The number of nitrogens with zero attached hydrogens (tertiary/aromatic N) is 1. The number of Topliss-reactive ketones (excluding diaryl/α,β-unsaturated/α-hetero) is 1. The largest absolute Gasteiger partial charge is 0.453 e. The first kappa shape index (κ1) is 21.5. The number of amides is 3. The molecule has 0 heterocycles. The zero-order chi connectivity index (χ0) is 20.0. The predicted octanol–water partition coefficient (Wildman–Crippen LogP) is 0.660. The van der Waals surface area contributed by atoms with Crippen molar-refractivity contribution in [2.45, 2.75) is 52.7 Å². The van der Waals surface area contributed by atoms with Crippen molar-refractivity contribution in [3.8, 4) is 0 Å². The summed E-state index contributed by atoms with van der Waals surface area (Å²) >= 11 is 0. The zero-order valence-electron chi connectivity index (χ0n) is 15.3. The maximum Gasteiger partial charge on any atom is 0.321 e. The van der Waals surface area contributed by atoms with Crippen molar-refractivity contribution >= 4 is 23.7 Å². The first-order chi connectivity index (χ1) is 12.0. The number of hydrogen-bond donors (Lipinski definition) is 2. The third-order valence-electron chi connectivity index (χ3n) is 4.26. The summed E-state index contributed by atoms with van der Waals surface area (Å²) in [5, 5.41) is 15.3. The number of ether oxygens (including phenoxy) is 1. The first-order valence-electron chi connectivity index (χ1n) is 8.46. The molecule has 146 valence electrons. The van der Waals surface area contributed by atoms with Gasteiger partial charge in [0.2, 0.25) is 6.54 Å². The molecule has 1 saturated carbocycles. The number of nitro groups is 1. The number of urea groups is 1. The van der Waals surface area contributed by atoms with Crippen LogP contribution in [0.2, 0.25) is 0 Å². The van der Waals surface area contributed by atoms with Gasteiger partial charge in [0, 0.05) is 29.2 Å². The first-order valence-corrected chi connectivity index (χ1v) is 8.46. The third kappa shape index (κ3) is 6.41. The van der Waals surface area contributed by atoms with Gasteiger partial charge in [-0.15, -0.1) is 0 Å². The van der Waals surface area contributed by atoms with Crippen LogP contribution in [0.5, 0.6) is 0 Å². The molecule has 0 aromatic heterocycles. The monoisotopic (exact) mass is 371 g/mol. The van der Waals surface area contributed by atoms with Gasteiger partial charge in [-0.25, -0.2) is 4.79 Å². The van der Waals surface area contributed by atoms with Crippen LogP contribution in [-0.2, 0) is 19.1 Å². The van der Waals surface area contributed by atoms with E-state index in [-0.39, 0.29) is 30.6 Å². The molecule has 10 heteroatoms. The lowest BCUT2D eigenvalue weighted by molar-refractivity contribution is -0.490. The van der Waals surface area contributed by atoms with Crippen molar-refractivity contribution < 1.29 is 28.8 Å². The van der Waals surface area contributed by atoms with Gasteiger partial charge in [-0.2, -0.15) is 0 Å². The number of carbonyl (C=O) groups is 4. The van der Waals surface area contributed by atoms with Crippen LogP contribution in [0, 0.1) is 27.9 Å². The normalized spacial score (nSPS) is 23.4. The third-order valence-corrected chi connectivity index (χ3v) is 4.26. The van der Waals surface area contributed by atoms with Crippen LogP contribution in [0.3, 0.4) is 0 Å². The molecule has 0 aromatic rings. The van der Waals surface area contributed by atoms with Crippen LogP contribution < -0.4 is 10.6 Å². The van der Waals surface area contributed by atoms with E-state index in [2.05, 4.69) is 5.32 Å². The number of imide groups is 1. The van der Waals surface area contributed by atoms with E-state index >= 15 is 0 Å². The number of ketones is 1. The Balaban J connectivity index is 2.58. The second kappa shape index (κ2) is 9.25. The maximum absolute atomic E-state index is 12.0. The number of nitrogens with one attached hydrogen (secondary N) is 2. The Morgan fingerprint density at radius 1 is 1.31 bits per heavy atom. The summed E-state index contributed by atoms with van der Waals surface area (Å²) in [5.74, 6) is -3.34. The van der Waals surface area contributed by atoms with Crippen LogP contribution in [0.25, 0.3) is 0 Å². The topological polar surface area (TPSA) is 145 Å². The minimum atomic E-state index is -1.23. The Labute approximate surface area is 151 Å². The second-order valence-corrected chi connectivity index (χ2v) is 6.89. The number of rotatable bonds is 7. The molecule has 2 N–H and O–H groups in total. The summed E-state index contributed by atoms with van der Waals surface area (Å²) in [6, 6.07) is -0.881. The molecule has 0 unspecified atom stereocenters. The standard InChI is InChI=1S/C16H25N3O7/c1-8(2)17-16(23)18-15(22)10(4)26-14(21)6-11-12(7-19(24)25)9(3)5-13(11)20/h8-12H,5-7H2,1-4H3,(H2,17,18,22,23)/t9-,10-,11-,12+/m0/s1. The summed E-state index contributed by atoms with van der Waals surface area (Å²) in [6.45, 7) is 6.07. The highest BCUT2D eigenvalue weighted by molar-refractivity contribution is 5.97. The highest BCUT2D eigenvalue weighted by atomic mass is 16.6. The van der Waals surface area contributed by atoms with Crippen molar-refractivity contribution in [3.63, 3.8) is 0 Å². The fourth-order valence-electron chi connectivity index (χ4n) is 2.99. The smallest absolute Gasteiger partial charge is 0.321 e. The molecule has 0 saturated heterocycles. The van der Waals surface area contributed by atoms with Crippen molar-refractivity contribution in [1.82, 2.24) is 10.6 Å². The van der Waals surface area contributed by atoms with E-state index in [1.54, 1.807) is 20.8 Å². The summed E-state index contributed by atoms with van der Waals surface area (Å²) in [5.41, 5.74) is 0. The summed E-state index contributed by atoms with van der Waals surface area (Å²) in [7, 11) is 0. The Hall–Kier alpha value is -2.52. The Bertz CT molecular complexity index is 590.